The van der Waals surface area contributed by atoms with Crippen molar-refractivity contribution in [3.63, 3.8) is 0 Å². The molecule has 0 aliphatic rings. The minimum Gasteiger partial charge on any atom is -0.508 e. The van der Waals surface area contributed by atoms with E-state index < -0.39 is 0 Å². The van der Waals surface area contributed by atoms with Crippen LogP contribution in [0.3, 0.4) is 0 Å². The quantitative estimate of drug-likeness (QED) is 0.265. The lowest BCUT2D eigenvalue weighted by Crippen LogP contribution is -1.99. The van der Waals surface area contributed by atoms with Gasteiger partial charge < -0.3 is 19.7 Å². The first-order valence-electron chi connectivity index (χ1n) is 8.76. The van der Waals surface area contributed by atoms with Gasteiger partial charge in [0.05, 0.1) is 12.7 Å². The zero-order valence-electron chi connectivity index (χ0n) is 15.6. The average molecular weight is 502 g/mol. The van der Waals surface area contributed by atoms with E-state index in [-0.39, 0.29) is 22.8 Å². The number of methoxy groups -OCH3 is 1. The van der Waals surface area contributed by atoms with Crippen LogP contribution in [0.15, 0.2) is 66.7 Å². The molecule has 0 radical (unpaired) electrons. The number of phenolic OH excluding ortho intramolecular Hbond substituents is 2. The molecule has 0 saturated heterocycles. The second kappa shape index (κ2) is 9.47. The third-order valence-electron chi connectivity index (χ3n) is 4.19. The standard InChI is InChI=1S/C23H19IO5/c1-28-23-11-3-15(2-10-21(26)20-9-6-18(25)13-22(20)27)12-16(23)14-29-19-7-4-17(24)5-8-19/h2-13,25,27H,14H2,1H3/b10-2+. The van der Waals surface area contributed by atoms with Crippen LogP contribution >= 0.6 is 22.6 Å². The van der Waals surface area contributed by atoms with Gasteiger partial charge in [-0.05, 0) is 82.8 Å². The second-order valence-electron chi connectivity index (χ2n) is 6.21. The minimum absolute atomic E-state index is 0.101. The van der Waals surface area contributed by atoms with E-state index in [0.717, 1.165) is 26.5 Å². The normalized spacial score (nSPS) is 10.8. The number of benzene rings is 3. The Bertz CT molecular complexity index is 1040. The minimum atomic E-state index is -0.366. The molecule has 0 amide bonds. The highest BCUT2D eigenvalue weighted by Gasteiger charge is 2.09. The van der Waals surface area contributed by atoms with Gasteiger partial charge in [0.25, 0.3) is 0 Å². The SMILES string of the molecule is COc1ccc(/C=C/C(=O)c2ccc(O)cc2O)cc1COc1ccc(I)cc1. The number of allylic oxidation sites excluding steroid dienone is 1. The monoisotopic (exact) mass is 502 g/mol. The predicted molar refractivity (Wildman–Crippen MR) is 120 cm³/mol. The third-order valence-corrected chi connectivity index (χ3v) is 4.91. The molecule has 0 aliphatic heterocycles. The molecule has 0 saturated carbocycles. The van der Waals surface area contributed by atoms with Crippen LogP contribution in [-0.4, -0.2) is 23.1 Å². The van der Waals surface area contributed by atoms with E-state index in [1.165, 1.54) is 18.2 Å². The fraction of sp³-hybridized carbons (Fsp3) is 0.0870. The number of carbonyl (C=O) groups is 1. The Labute approximate surface area is 182 Å². The largest absolute Gasteiger partial charge is 0.508 e. The zero-order valence-corrected chi connectivity index (χ0v) is 17.8. The fourth-order valence-corrected chi connectivity index (χ4v) is 3.06. The Kier molecular flexibility index (Phi) is 6.77. The van der Waals surface area contributed by atoms with Crippen LogP contribution in [0.1, 0.15) is 21.5 Å². The first-order valence-corrected chi connectivity index (χ1v) is 9.84. The van der Waals surface area contributed by atoms with E-state index in [1.807, 2.05) is 42.5 Å². The molecule has 2 N–H and O–H groups in total. The van der Waals surface area contributed by atoms with Crippen molar-refractivity contribution >= 4 is 34.5 Å². The van der Waals surface area contributed by atoms with Crippen molar-refractivity contribution in [1.29, 1.82) is 0 Å². The maximum Gasteiger partial charge on any atom is 0.189 e. The third kappa shape index (κ3) is 5.51. The molecule has 0 aliphatic carbocycles. The van der Waals surface area contributed by atoms with Crippen LogP contribution in [0.25, 0.3) is 6.08 Å². The van der Waals surface area contributed by atoms with Crippen molar-refractivity contribution in [3.8, 4) is 23.0 Å². The molecule has 0 atom stereocenters. The maximum absolute atomic E-state index is 12.3. The molecule has 3 aromatic carbocycles. The molecule has 0 fully saturated rings. The van der Waals surface area contributed by atoms with Gasteiger partial charge in [0, 0.05) is 15.2 Å². The summed E-state index contributed by atoms with van der Waals surface area (Å²) in [6.07, 6.45) is 3.03. The summed E-state index contributed by atoms with van der Waals surface area (Å²) in [4.78, 5) is 12.3. The molecule has 148 valence electrons. The Morgan fingerprint density at radius 3 is 2.48 bits per heavy atom. The van der Waals surface area contributed by atoms with Crippen molar-refractivity contribution in [2.45, 2.75) is 6.61 Å². The van der Waals surface area contributed by atoms with Gasteiger partial charge in [0.1, 0.15) is 29.6 Å². The first-order chi connectivity index (χ1) is 14.0. The number of aromatic hydroxyl groups is 2. The smallest absolute Gasteiger partial charge is 0.189 e. The molecule has 0 spiro atoms. The van der Waals surface area contributed by atoms with Gasteiger partial charge in [0.2, 0.25) is 0 Å². The molecule has 29 heavy (non-hydrogen) atoms. The fourth-order valence-electron chi connectivity index (χ4n) is 2.70. The second-order valence-corrected chi connectivity index (χ2v) is 7.46. The molecule has 3 aromatic rings. The molecule has 5 nitrogen and oxygen atoms in total. The number of halogens is 1. The van der Waals surface area contributed by atoms with Crippen molar-refractivity contribution in [1.82, 2.24) is 0 Å². The predicted octanol–water partition coefficient (Wildman–Crippen LogP) is 5.19. The molecular formula is C23H19IO5. The molecule has 6 heteroatoms. The summed E-state index contributed by atoms with van der Waals surface area (Å²) in [7, 11) is 1.59. The number of ether oxygens (including phenoxy) is 2. The highest BCUT2D eigenvalue weighted by Crippen LogP contribution is 2.25. The van der Waals surface area contributed by atoms with Crippen molar-refractivity contribution in [2.75, 3.05) is 7.11 Å². The number of hydrogen-bond acceptors (Lipinski definition) is 5. The molecule has 0 unspecified atom stereocenters. The summed E-state index contributed by atoms with van der Waals surface area (Å²) >= 11 is 2.24. The molecule has 0 aromatic heterocycles. The Hall–Kier alpha value is -3.00. The Balaban J connectivity index is 1.75. The van der Waals surface area contributed by atoms with Gasteiger partial charge in [-0.3, -0.25) is 4.79 Å². The van der Waals surface area contributed by atoms with Gasteiger partial charge in [-0.2, -0.15) is 0 Å². The lowest BCUT2D eigenvalue weighted by Gasteiger charge is -2.11. The van der Waals surface area contributed by atoms with E-state index >= 15 is 0 Å². The van der Waals surface area contributed by atoms with Crippen LogP contribution in [0.5, 0.6) is 23.0 Å². The highest BCUT2D eigenvalue weighted by atomic mass is 127. The topological polar surface area (TPSA) is 76.0 Å². The van der Waals surface area contributed by atoms with Crippen molar-refractivity contribution in [2.24, 2.45) is 0 Å². The van der Waals surface area contributed by atoms with Crippen LogP contribution in [0, 0.1) is 3.57 Å². The van der Waals surface area contributed by atoms with Gasteiger partial charge in [-0.15, -0.1) is 0 Å². The molecule has 3 rings (SSSR count). The summed E-state index contributed by atoms with van der Waals surface area (Å²) in [5.41, 5.74) is 1.75. The van der Waals surface area contributed by atoms with E-state index in [1.54, 1.807) is 13.2 Å². The van der Waals surface area contributed by atoms with Gasteiger partial charge in [-0.25, -0.2) is 0 Å². The summed E-state index contributed by atoms with van der Waals surface area (Å²) < 4.78 is 12.4. The first kappa shape index (κ1) is 20.7. The number of rotatable bonds is 7. The summed E-state index contributed by atoms with van der Waals surface area (Å²) in [6.45, 7) is 0.318. The van der Waals surface area contributed by atoms with E-state index in [0.29, 0.717) is 12.4 Å². The Morgan fingerprint density at radius 2 is 1.79 bits per heavy atom. The lowest BCUT2D eigenvalue weighted by molar-refractivity contribution is 0.104. The summed E-state index contributed by atoms with van der Waals surface area (Å²) in [6, 6.07) is 17.1. The number of phenols is 2. The lowest BCUT2D eigenvalue weighted by atomic mass is 10.1. The average Bonchev–Trinajstić information content (AvgIpc) is 2.71. The number of carbonyl (C=O) groups excluding carboxylic acids is 1. The van der Waals surface area contributed by atoms with Crippen molar-refractivity contribution in [3.05, 3.63) is 87.0 Å². The van der Waals surface area contributed by atoms with E-state index in [9.17, 15) is 15.0 Å². The van der Waals surface area contributed by atoms with Gasteiger partial charge in [-0.1, -0.05) is 12.1 Å². The van der Waals surface area contributed by atoms with Crippen molar-refractivity contribution < 1.29 is 24.5 Å². The van der Waals surface area contributed by atoms with Crippen LogP contribution in [0.2, 0.25) is 0 Å². The summed E-state index contributed by atoms with van der Waals surface area (Å²) in [5, 5.41) is 19.2. The molecule has 0 heterocycles. The van der Waals surface area contributed by atoms with Crippen LogP contribution in [-0.2, 0) is 6.61 Å². The highest BCUT2D eigenvalue weighted by molar-refractivity contribution is 14.1. The van der Waals surface area contributed by atoms with Crippen LogP contribution < -0.4 is 9.47 Å². The van der Waals surface area contributed by atoms with E-state index in [4.69, 9.17) is 9.47 Å². The van der Waals surface area contributed by atoms with E-state index in [2.05, 4.69) is 22.6 Å². The number of hydrogen-bond donors (Lipinski definition) is 2. The Morgan fingerprint density at radius 1 is 1.03 bits per heavy atom. The molecular weight excluding hydrogens is 483 g/mol. The summed E-state index contributed by atoms with van der Waals surface area (Å²) in [5.74, 6) is 0.716. The number of ketones is 1. The zero-order chi connectivity index (χ0) is 20.8. The van der Waals surface area contributed by atoms with Gasteiger partial charge in [0.15, 0.2) is 5.78 Å². The maximum atomic E-state index is 12.3. The van der Waals surface area contributed by atoms with Crippen LogP contribution in [0.4, 0.5) is 0 Å². The van der Waals surface area contributed by atoms with Gasteiger partial charge >= 0.3 is 0 Å². The molecule has 0 bridgehead atoms.